The van der Waals surface area contributed by atoms with E-state index in [4.69, 9.17) is 20.8 Å². The lowest BCUT2D eigenvalue weighted by atomic mass is 10.1. The Labute approximate surface area is 185 Å². The zero-order valence-corrected chi connectivity index (χ0v) is 17.9. The third kappa shape index (κ3) is 3.18. The lowest BCUT2D eigenvalue weighted by Gasteiger charge is -2.13. The van der Waals surface area contributed by atoms with Crippen molar-refractivity contribution < 1.29 is 13.5 Å². The molecular weight excluding hydrogens is 437 g/mol. The largest absolute Gasteiger partial charge is 0.481 e. The van der Waals surface area contributed by atoms with Crippen LogP contribution in [0.2, 0.25) is 5.02 Å². The molecule has 0 radical (unpaired) electrons. The van der Waals surface area contributed by atoms with Crippen molar-refractivity contribution in [1.29, 1.82) is 0 Å². The minimum atomic E-state index is -0.606. The number of aromatic nitrogens is 5. The van der Waals surface area contributed by atoms with Gasteiger partial charge >= 0.3 is 0 Å². The standard InChI is InChI=1S/C22H15ClFN5O3/c1-10-6-16-19(26-11(10)2)21(30)20(28-29(16)15-5-4-12(23)7-13(15)24)22-27-14-9-25-18(31-3)8-17(14)32-22/h4-9H,1-3H3. The van der Waals surface area contributed by atoms with E-state index in [9.17, 15) is 9.18 Å². The Hall–Kier alpha value is -3.85. The van der Waals surface area contributed by atoms with Crippen molar-refractivity contribution in [2.75, 3.05) is 7.11 Å². The van der Waals surface area contributed by atoms with E-state index in [1.807, 2.05) is 6.92 Å². The Morgan fingerprint density at radius 2 is 1.97 bits per heavy atom. The summed E-state index contributed by atoms with van der Waals surface area (Å²) in [4.78, 5) is 26.2. The second kappa shape index (κ2) is 7.38. The number of hydrogen-bond acceptors (Lipinski definition) is 7. The van der Waals surface area contributed by atoms with Crippen LogP contribution in [0.25, 0.3) is 39.4 Å². The number of halogens is 2. The highest BCUT2D eigenvalue weighted by Gasteiger charge is 2.22. The summed E-state index contributed by atoms with van der Waals surface area (Å²) in [6.07, 6.45) is 1.46. The SMILES string of the molecule is COc1cc2oc(-c3nn(-c4ccc(Cl)cc4F)c4cc(C)c(C)nc4c3=O)nc2cn1. The van der Waals surface area contributed by atoms with E-state index in [1.54, 1.807) is 19.1 Å². The molecule has 5 rings (SSSR count). The van der Waals surface area contributed by atoms with Crippen LogP contribution in [0.4, 0.5) is 4.39 Å². The first-order valence-corrected chi connectivity index (χ1v) is 9.91. The Kier molecular flexibility index (Phi) is 4.63. The summed E-state index contributed by atoms with van der Waals surface area (Å²) in [6, 6.07) is 7.49. The van der Waals surface area contributed by atoms with Crippen molar-refractivity contribution in [1.82, 2.24) is 24.7 Å². The van der Waals surface area contributed by atoms with Gasteiger partial charge in [0.05, 0.1) is 18.8 Å². The van der Waals surface area contributed by atoms with E-state index < -0.39 is 11.2 Å². The van der Waals surface area contributed by atoms with Gasteiger partial charge in [-0.25, -0.2) is 24.0 Å². The van der Waals surface area contributed by atoms with Gasteiger partial charge in [-0.2, -0.15) is 5.10 Å². The van der Waals surface area contributed by atoms with E-state index in [1.165, 1.54) is 36.2 Å². The highest BCUT2D eigenvalue weighted by molar-refractivity contribution is 6.30. The van der Waals surface area contributed by atoms with E-state index in [0.717, 1.165) is 5.56 Å². The van der Waals surface area contributed by atoms with Gasteiger partial charge in [0.2, 0.25) is 11.3 Å². The van der Waals surface area contributed by atoms with Crippen LogP contribution in [0.1, 0.15) is 11.3 Å². The molecule has 0 atom stereocenters. The molecule has 0 N–H and O–H groups in total. The number of rotatable bonds is 3. The number of pyridine rings is 2. The smallest absolute Gasteiger partial charge is 0.252 e. The quantitative estimate of drug-likeness (QED) is 0.401. The summed E-state index contributed by atoms with van der Waals surface area (Å²) >= 11 is 5.92. The molecule has 0 aliphatic heterocycles. The van der Waals surface area contributed by atoms with E-state index >= 15 is 0 Å². The van der Waals surface area contributed by atoms with Crippen LogP contribution in [-0.2, 0) is 0 Å². The van der Waals surface area contributed by atoms with Gasteiger partial charge in [0.25, 0.3) is 5.89 Å². The first kappa shape index (κ1) is 20.1. The first-order chi connectivity index (χ1) is 15.4. The molecule has 10 heteroatoms. The van der Waals surface area contributed by atoms with Gasteiger partial charge in [-0.3, -0.25) is 4.79 Å². The molecule has 0 saturated carbocycles. The summed E-state index contributed by atoms with van der Waals surface area (Å²) < 4.78 is 27.0. The van der Waals surface area contributed by atoms with Gasteiger partial charge in [0.15, 0.2) is 11.3 Å². The summed E-state index contributed by atoms with van der Waals surface area (Å²) in [5.41, 5.74) is 2.25. The molecule has 4 aromatic heterocycles. The van der Waals surface area contributed by atoms with Gasteiger partial charge in [0, 0.05) is 16.8 Å². The minimum absolute atomic E-state index is 0.0369. The predicted octanol–water partition coefficient (Wildman–Crippen LogP) is 4.40. The highest BCUT2D eigenvalue weighted by atomic mass is 35.5. The molecule has 160 valence electrons. The molecule has 32 heavy (non-hydrogen) atoms. The molecule has 1 aromatic carbocycles. The number of benzene rings is 1. The van der Waals surface area contributed by atoms with Crippen molar-refractivity contribution in [2.45, 2.75) is 13.8 Å². The maximum Gasteiger partial charge on any atom is 0.252 e. The average Bonchev–Trinajstić information content (AvgIpc) is 3.19. The van der Waals surface area contributed by atoms with E-state index in [2.05, 4.69) is 20.1 Å². The molecule has 0 amide bonds. The van der Waals surface area contributed by atoms with Crippen molar-refractivity contribution in [3.8, 4) is 23.2 Å². The number of methoxy groups -OCH3 is 1. The van der Waals surface area contributed by atoms with Crippen molar-refractivity contribution >= 4 is 33.7 Å². The monoisotopic (exact) mass is 451 g/mol. The fraction of sp³-hybridized carbons (Fsp3) is 0.136. The predicted molar refractivity (Wildman–Crippen MR) is 117 cm³/mol. The molecule has 8 nitrogen and oxygen atoms in total. The third-order valence-corrected chi connectivity index (χ3v) is 5.34. The zero-order valence-electron chi connectivity index (χ0n) is 17.2. The lowest BCUT2D eigenvalue weighted by Crippen LogP contribution is -2.18. The molecule has 0 fully saturated rings. The fourth-order valence-electron chi connectivity index (χ4n) is 3.33. The number of nitrogens with zero attached hydrogens (tertiary/aromatic N) is 5. The number of hydrogen-bond donors (Lipinski definition) is 0. The summed E-state index contributed by atoms with van der Waals surface area (Å²) in [5.74, 6) is -0.309. The number of fused-ring (bicyclic) bond motifs is 2. The number of aryl methyl sites for hydroxylation is 2. The van der Waals surface area contributed by atoms with Crippen LogP contribution < -0.4 is 10.2 Å². The molecule has 0 aliphatic carbocycles. The van der Waals surface area contributed by atoms with Crippen molar-refractivity contribution in [2.24, 2.45) is 0 Å². The van der Waals surface area contributed by atoms with Gasteiger partial charge in [-0.05, 0) is 43.7 Å². The summed E-state index contributed by atoms with van der Waals surface area (Å²) in [6.45, 7) is 3.64. The Bertz CT molecular complexity index is 1590. The molecule has 0 unspecified atom stereocenters. The van der Waals surface area contributed by atoms with Crippen LogP contribution in [0.3, 0.4) is 0 Å². The first-order valence-electron chi connectivity index (χ1n) is 9.53. The second-order valence-corrected chi connectivity index (χ2v) is 7.59. The highest BCUT2D eigenvalue weighted by Crippen LogP contribution is 2.27. The normalized spacial score (nSPS) is 11.4. The summed E-state index contributed by atoms with van der Waals surface area (Å²) in [7, 11) is 1.48. The Balaban J connectivity index is 1.85. The summed E-state index contributed by atoms with van der Waals surface area (Å²) in [5, 5.41) is 4.65. The van der Waals surface area contributed by atoms with Crippen molar-refractivity contribution in [3.05, 3.63) is 68.8 Å². The van der Waals surface area contributed by atoms with Crippen LogP contribution in [0, 0.1) is 19.7 Å². The molecule has 0 bridgehead atoms. The van der Waals surface area contributed by atoms with Crippen LogP contribution in [-0.4, -0.2) is 31.8 Å². The van der Waals surface area contributed by atoms with E-state index in [-0.39, 0.29) is 27.8 Å². The average molecular weight is 452 g/mol. The molecular formula is C22H15ClFN5O3. The molecule has 0 aliphatic rings. The third-order valence-electron chi connectivity index (χ3n) is 5.10. The molecule has 0 saturated heterocycles. The molecule has 5 aromatic rings. The van der Waals surface area contributed by atoms with Crippen LogP contribution >= 0.6 is 11.6 Å². The topological polar surface area (TPSA) is 95.9 Å². The van der Waals surface area contributed by atoms with Crippen molar-refractivity contribution in [3.63, 3.8) is 0 Å². The fourth-order valence-corrected chi connectivity index (χ4v) is 3.49. The van der Waals surface area contributed by atoms with Crippen LogP contribution in [0.15, 0.2) is 45.7 Å². The maximum atomic E-state index is 14.8. The Morgan fingerprint density at radius 1 is 1.16 bits per heavy atom. The van der Waals surface area contributed by atoms with Gasteiger partial charge < -0.3 is 9.15 Å². The van der Waals surface area contributed by atoms with Gasteiger partial charge in [-0.15, -0.1) is 0 Å². The lowest BCUT2D eigenvalue weighted by molar-refractivity contribution is 0.398. The number of oxazole rings is 1. The van der Waals surface area contributed by atoms with Crippen LogP contribution in [0.5, 0.6) is 5.88 Å². The zero-order chi connectivity index (χ0) is 22.6. The Morgan fingerprint density at radius 3 is 2.72 bits per heavy atom. The van der Waals surface area contributed by atoms with Gasteiger partial charge in [-0.1, -0.05) is 11.6 Å². The minimum Gasteiger partial charge on any atom is -0.481 e. The van der Waals surface area contributed by atoms with E-state index in [0.29, 0.717) is 28.2 Å². The second-order valence-electron chi connectivity index (χ2n) is 7.16. The van der Waals surface area contributed by atoms with Gasteiger partial charge in [0.1, 0.15) is 22.5 Å². The molecule has 0 spiro atoms. The number of ether oxygens (including phenoxy) is 1. The maximum absolute atomic E-state index is 14.8. The molecule has 4 heterocycles.